The standard InChI is InChI=1S/C31H34N4O5S/c1-20-8-4-7-11-29(20)41(38,39)34-30(36)22-13-12-21(28(17-22)40-3)16-23-19-35(2)27-15-14-25(18-26(23)27)33-31(37)32-24-9-5-6-10-24/h4,7-8,11-15,17-19,24H,5-6,9-10,16H2,1-3H3,(H,34,36)(H2,32,33,37). The summed E-state index contributed by atoms with van der Waals surface area (Å²) in [5.41, 5.74) is 4.27. The predicted molar refractivity (Wildman–Crippen MR) is 159 cm³/mol. The normalized spacial score (nSPS) is 13.7. The minimum Gasteiger partial charge on any atom is -0.496 e. The Labute approximate surface area is 240 Å². The van der Waals surface area contributed by atoms with E-state index in [1.165, 1.54) is 13.2 Å². The number of urea groups is 1. The van der Waals surface area contributed by atoms with Crippen LogP contribution in [0.2, 0.25) is 0 Å². The smallest absolute Gasteiger partial charge is 0.319 e. The maximum absolute atomic E-state index is 12.9. The minimum absolute atomic E-state index is 0.0535. The molecule has 0 aliphatic heterocycles. The fourth-order valence-electron chi connectivity index (χ4n) is 5.45. The third-order valence-corrected chi connectivity index (χ3v) is 9.05. The van der Waals surface area contributed by atoms with Crippen LogP contribution < -0.4 is 20.1 Å². The van der Waals surface area contributed by atoms with Crippen LogP contribution in [0.15, 0.2) is 71.8 Å². The Morgan fingerprint density at radius 3 is 2.49 bits per heavy atom. The molecule has 4 aromatic rings. The van der Waals surface area contributed by atoms with Gasteiger partial charge in [0, 0.05) is 47.9 Å². The molecule has 0 unspecified atom stereocenters. The van der Waals surface area contributed by atoms with Crippen molar-refractivity contribution in [3.63, 3.8) is 0 Å². The van der Waals surface area contributed by atoms with E-state index in [4.69, 9.17) is 4.74 Å². The van der Waals surface area contributed by atoms with Gasteiger partial charge >= 0.3 is 6.03 Å². The average Bonchev–Trinajstić information content (AvgIpc) is 3.56. The number of aromatic nitrogens is 1. The van der Waals surface area contributed by atoms with Crippen molar-refractivity contribution in [2.45, 2.75) is 50.0 Å². The molecule has 1 saturated carbocycles. The number of sulfonamides is 1. The van der Waals surface area contributed by atoms with Crippen molar-refractivity contribution in [2.75, 3.05) is 12.4 Å². The topological polar surface area (TPSA) is 119 Å². The van der Waals surface area contributed by atoms with Crippen LogP contribution in [0.1, 0.15) is 52.7 Å². The van der Waals surface area contributed by atoms with Crippen molar-refractivity contribution in [3.05, 3.63) is 89.1 Å². The first-order valence-corrected chi connectivity index (χ1v) is 15.1. The molecular formula is C31H34N4O5S. The summed E-state index contributed by atoms with van der Waals surface area (Å²) in [4.78, 5) is 25.5. The van der Waals surface area contributed by atoms with Gasteiger partial charge in [0.15, 0.2) is 0 Å². The SMILES string of the molecule is COc1cc(C(=O)NS(=O)(=O)c2ccccc2C)ccc1Cc1cn(C)c2ccc(NC(=O)NC3CCCC3)cc12. The summed E-state index contributed by atoms with van der Waals surface area (Å²) in [5, 5.41) is 6.99. The first-order valence-electron chi connectivity index (χ1n) is 13.6. The molecule has 1 aromatic heterocycles. The van der Waals surface area contributed by atoms with Gasteiger partial charge < -0.3 is 19.9 Å². The van der Waals surface area contributed by atoms with Gasteiger partial charge in [-0.1, -0.05) is 37.1 Å². The van der Waals surface area contributed by atoms with Gasteiger partial charge in [0.25, 0.3) is 15.9 Å². The van der Waals surface area contributed by atoms with Crippen molar-refractivity contribution < 1.29 is 22.7 Å². The number of nitrogens with one attached hydrogen (secondary N) is 3. The van der Waals surface area contributed by atoms with E-state index < -0.39 is 15.9 Å². The second-order valence-corrected chi connectivity index (χ2v) is 12.1. The number of fused-ring (bicyclic) bond motifs is 1. The molecule has 0 saturated heterocycles. The van der Waals surface area contributed by atoms with E-state index >= 15 is 0 Å². The number of ether oxygens (including phenoxy) is 1. The number of benzene rings is 3. The molecule has 41 heavy (non-hydrogen) atoms. The van der Waals surface area contributed by atoms with Crippen LogP contribution in [0.25, 0.3) is 10.9 Å². The molecule has 1 fully saturated rings. The second kappa shape index (κ2) is 11.7. The van der Waals surface area contributed by atoms with Gasteiger partial charge in [-0.25, -0.2) is 17.9 Å². The highest BCUT2D eigenvalue weighted by atomic mass is 32.2. The van der Waals surface area contributed by atoms with Gasteiger partial charge in [-0.2, -0.15) is 0 Å². The largest absolute Gasteiger partial charge is 0.496 e. The van der Waals surface area contributed by atoms with Crippen LogP contribution >= 0.6 is 0 Å². The van der Waals surface area contributed by atoms with Gasteiger partial charge in [-0.3, -0.25) is 4.79 Å². The monoisotopic (exact) mass is 574 g/mol. The van der Waals surface area contributed by atoms with E-state index in [-0.39, 0.29) is 22.5 Å². The van der Waals surface area contributed by atoms with E-state index in [2.05, 4.69) is 15.4 Å². The lowest BCUT2D eigenvalue weighted by atomic mass is 10.0. The number of carbonyl (C=O) groups is 2. The summed E-state index contributed by atoms with van der Waals surface area (Å²) >= 11 is 0. The highest BCUT2D eigenvalue weighted by Crippen LogP contribution is 2.30. The summed E-state index contributed by atoms with van der Waals surface area (Å²) in [6.07, 6.45) is 6.85. The molecule has 10 heteroatoms. The van der Waals surface area contributed by atoms with E-state index in [0.29, 0.717) is 23.4 Å². The Bertz CT molecular complexity index is 1720. The fourth-order valence-corrected chi connectivity index (χ4v) is 6.67. The van der Waals surface area contributed by atoms with Gasteiger partial charge in [0.05, 0.1) is 12.0 Å². The lowest BCUT2D eigenvalue weighted by molar-refractivity contribution is 0.0981. The summed E-state index contributed by atoms with van der Waals surface area (Å²) in [5.74, 6) is -0.275. The van der Waals surface area contributed by atoms with Crippen LogP contribution in [0.4, 0.5) is 10.5 Å². The second-order valence-electron chi connectivity index (χ2n) is 10.5. The maximum Gasteiger partial charge on any atom is 0.319 e. The van der Waals surface area contributed by atoms with Crippen molar-refractivity contribution >= 4 is 38.6 Å². The van der Waals surface area contributed by atoms with Gasteiger partial charge in [0.2, 0.25) is 0 Å². The minimum atomic E-state index is -4.04. The third-order valence-electron chi connectivity index (χ3n) is 7.56. The zero-order chi connectivity index (χ0) is 29.1. The van der Waals surface area contributed by atoms with E-state index in [9.17, 15) is 18.0 Å². The molecule has 1 heterocycles. The Balaban J connectivity index is 1.35. The molecule has 0 atom stereocenters. The number of amides is 3. The van der Waals surface area contributed by atoms with Crippen LogP contribution in [0, 0.1) is 6.92 Å². The lowest BCUT2D eigenvalue weighted by Crippen LogP contribution is -2.36. The number of aryl methyl sites for hydroxylation is 2. The van der Waals surface area contributed by atoms with E-state index in [0.717, 1.165) is 47.7 Å². The van der Waals surface area contributed by atoms with Gasteiger partial charge in [0.1, 0.15) is 5.75 Å². The van der Waals surface area contributed by atoms with Gasteiger partial charge in [-0.05, 0) is 72.9 Å². The molecular weight excluding hydrogens is 540 g/mol. The van der Waals surface area contributed by atoms with Crippen molar-refractivity contribution in [1.29, 1.82) is 0 Å². The molecule has 1 aliphatic rings. The highest BCUT2D eigenvalue weighted by Gasteiger charge is 2.22. The zero-order valence-electron chi connectivity index (χ0n) is 23.4. The quantitative estimate of drug-likeness (QED) is 0.265. The first kappa shape index (κ1) is 28.2. The molecule has 3 N–H and O–H groups in total. The van der Waals surface area contributed by atoms with Crippen molar-refractivity contribution in [3.8, 4) is 5.75 Å². The number of hydrogen-bond acceptors (Lipinski definition) is 5. The number of methoxy groups -OCH3 is 1. The number of hydrogen-bond donors (Lipinski definition) is 3. The Morgan fingerprint density at radius 1 is 1.00 bits per heavy atom. The fraction of sp³-hybridized carbons (Fsp3) is 0.290. The molecule has 9 nitrogen and oxygen atoms in total. The molecule has 0 bridgehead atoms. The first-order chi connectivity index (χ1) is 19.6. The van der Waals surface area contributed by atoms with E-state index in [1.54, 1.807) is 43.3 Å². The third kappa shape index (κ3) is 6.22. The van der Waals surface area contributed by atoms with Crippen LogP contribution in [-0.2, 0) is 23.5 Å². The van der Waals surface area contributed by atoms with E-state index in [1.807, 2.05) is 36.0 Å². The van der Waals surface area contributed by atoms with Crippen LogP contribution in [0.3, 0.4) is 0 Å². The molecule has 0 radical (unpaired) electrons. The van der Waals surface area contributed by atoms with Crippen LogP contribution in [0.5, 0.6) is 5.75 Å². The summed E-state index contributed by atoms with van der Waals surface area (Å²) in [6.45, 7) is 1.67. The Kier molecular flexibility index (Phi) is 8.03. The Hall–Kier alpha value is -4.31. The molecule has 214 valence electrons. The molecule has 5 rings (SSSR count). The number of anilines is 1. The maximum atomic E-state index is 12.9. The molecule has 3 aromatic carbocycles. The highest BCUT2D eigenvalue weighted by molar-refractivity contribution is 7.90. The summed E-state index contributed by atoms with van der Waals surface area (Å²) in [7, 11) is -0.559. The zero-order valence-corrected chi connectivity index (χ0v) is 24.2. The summed E-state index contributed by atoms with van der Waals surface area (Å²) < 4.78 is 35.4. The van der Waals surface area contributed by atoms with Crippen molar-refractivity contribution in [1.82, 2.24) is 14.6 Å². The average molecular weight is 575 g/mol. The Morgan fingerprint density at radius 2 is 1.76 bits per heavy atom. The predicted octanol–water partition coefficient (Wildman–Crippen LogP) is 5.27. The number of nitrogens with zero attached hydrogens (tertiary/aromatic N) is 1. The molecule has 3 amide bonds. The van der Waals surface area contributed by atoms with Crippen molar-refractivity contribution in [2.24, 2.45) is 7.05 Å². The lowest BCUT2D eigenvalue weighted by Gasteiger charge is -2.13. The van der Waals surface area contributed by atoms with Crippen LogP contribution in [-0.4, -0.2) is 38.1 Å². The van der Waals surface area contributed by atoms with Gasteiger partial charge in [-0.15, -0.1) is 0 Å². The number of carbonyl (C=O) groups excluding carboxylic acids is 2. The number of rotatable bonds is 8. The molecule has 1 aliphatic carbocycles. The molecule has 0 spiro atoms. The summed E-state index contributed by atoms with van der Waals surface area (Å²) in [6, 6.07) is 17.2.